The van der Waals surface area contributed by atoms with E-state index in [0.717, 1.165) is 18.4 Å². The van der Waals surface area contributed by atoms with E-state index in [1.807, 2.05) is 36.1 Å². The van der Waals surface area contributed by atoms with Crippen LogP contribution in [-0.4, -0.2) is 35.0 Å². The minimum Gasteiger partial charge on any atom is -0.481 e. The molecule has 0 bridgehead atoms. The number of rotatable bonds is 4. The van der Waals surface area contributed by atoms with Crippen LogP contribution in [0.5, 0.6) is 0 Å². The van der Waals surface area contributed by atoms with Crippen LogP contribution in [0.4, 0.5) is 0 Å². The fourth-order valence-corrected chi connectivity index (χ4v) is 2.63. The van der Waals surface area contributed by atoms with Gasteiger partial charge in [0.1, 0.15) is 0 Å². The maximum absolute atomic E-state index is 12.2. The van der Waals surface area contributed by atoms with Gasteiger partial charge in [-0.05, 0) is 31.2 Å². The molecule has 2 rings (SSSR count). The second-order valence-corrected chi connectivity index (χ2v) is 5.58. The third-order valence-electron chi connectivity index (χ3n) is 3.91. The number of aryl methyl sites for hydroxylation is 1. The van der Waals surface area contributed by atoms with E-state index < -0.39 is 5.97 Å². The summed E-state index contributed by atoms with van der Waals surface area (Å²) in [6.45, 7) is 3.39. The van der Waals surface area contributed by atoms with Crippen molar-refractivity contribution in [1.29, 1.82) is 0 Å². The molecule has 1 aromatic carbocycles. The molecule has 1 aliphatic heterocycles. The van der Waals surface area contributed by atoms with Crippen LogP contribution in [0.1, 0.15) is 30.4 Å². The largest absolute Gasteiger partial charge is 0.481 e. The first-order chi connectivity index (χ1) is 9.54. The Balaban J connectivity index is 1.82. The van der Waals surface area contributed by atoms with Gasteiger partial charge in [0, 0.05) is 19.5 Å². The lowest BCUT2D eigenvalue weighted by molar-refractivity contribution is -0.138. The van der Waals surface area contributed by atoms with E-state index in [1.165, 1.54) is 5.56 Å². The van der Waals surface area contributed by atoms with Crippen molar-refractivity contribution >= 4 is 11.9 Å². The molecule has 1 saturated heterocycles. The highest BCUT2D eigenvalue weighted by Crippen LogP contribution is 2.21. The molecule has 1 fully saturated rings. The van der Waals surface area contributed by atoms with Crippen LogP contribution in [0.3, 0.4) is 0 Å². The van der Waals surface area contributed by atoms with E-state index in [-0.39, 0.29) is 18.2 Å². The van der Waals surface area contributed by atoms with Crippen LogP contribution < -0.4 is 0 Å². The Hall–Kier alpha value is -1.84. The molecule has 1 amide bonds. The van der Waals surface area contributed by atoms with Crippen LogP contribution in [0, 0.1) is 12.8 Å². The van der Waals surface area contributed by atoms with Crippen molar-refractivity contribution in [2.45, 2.75) is 32.6 Å². The number of hydrogen-bond donors (Lipinski definition) is 1. The van der Waals surface area contributed by atoms with E-state index in [9.17, 15) is 9.59 Å². The van der Waals surface area contributed by atoms with Crippen LogP contribution in [0.15, 0.2) is 24.3 Å². The average Bonchev–Trinajstić information content (AvgIpc) is 2.41. The molecule has 0 unspecified atom stereocenters. The molecule has 1 N–H and O–H groups in total. The number of carboxylic acid groups (broad SMARTS) is 1. The molecular weight excluding hydrogens is 254 g/mol. The third kappa shape index (κ3) is 4.08. The lowest BCUT2D eigenvalue weighted by Crippen LogP contribution is -2.39. The summed E-state index contributed by atoms with van der Waals surface area (Å²) >= 11 is 0. The van der Waals surface area contributed by atoms with Gasteiger partial charge in [0.15, 0.2) is 0 Å². The highest BCUT2D eigenvalue weighted by atomic mass is 16.4. The topological polar surface area (TPSA) is 57.6 Å². The predicted molar refractivity (Wildman–Crippen MR) is 76.4 cm³/mol. The van der Waals surface area contributed by atoms with Crippen LogP contribution in [0.25, 0.3) is 0 Å². The number of aliphatic carboxylic acids is 1. The molecule has 1 aromatic rings. The zero-order valence-corrected chi connectivity index (χ0v) is 11.8. The molecule has 4 heteroatoms. The van der Waals surface area contributed by atoms with E-state index >= 15 is 0 Å². The number of likely N-dealkylation sites (tertiary alicyclic amines) is 1. The van der Waals surface area contributed by atoms with Gasteiger partial charge in [-0.3, -0.25) is 9.59 Å². The fraction of sp³-hybridized carbons (Fsp3) is 0.500. The first-order valence-electron chi connectivity index (χ1n) is 7.09. The third-order valence-corrected chi connectivity index (χ3v) is 3.91. The van der Waals surface area contributed by atoms with Crippen molar-refractivity contribution in [3.63, 3.8) is 0 Å². The number of carbonyl (C=O) groups is 2. The lowest BCUT2D eigenvalue weighted by atomic mass is 9.93. The molecule has 0 aromatic heterocycles. The summed E-state index contributed by atoms with van der Waals surface area (Å²) in [5, 5.41) is 8.78. The maximum atomic E-state index is 12.2. The fourth-order valence-electron chi connectivity index (χ4n) is 2.63. The molecule has 20 heavy (non-hydrogen) atoms. The smallest absolute Gasteiger partial charge is 0.303 e. The first kappa shape index (κ1) is 14.6. The highest BCUT2D eigenvalue weighted by molar-refractivity contribution is 5.78. The summed E-state index contributed by atoms with van der Waals surface area (Å²) in [4.78, 5) is 24.7. The minimum absolute atomic E-state index is 0.141. The highest BCUT2D eigenvalue weighted by Gasteiger charge is 2.24. The summed E-state index contributed by atoms with van der Waals surface area (Å²) in [5.41, 5.74) is 2.23. The monoisotopic (exact) mass is 275 g/mol. The van der Waals surface area contributed by atoms with E-state index in [1.54, 1.807) is 0 Å². The van der Waals surface area contributed by atoms with Crippen LogP contribution >= 0.6 is 0 Å². The predicted octanol–water partition coefficient (Wildman–Crippen LogP) is 2.25. The number of hydrogen-bond acceptors (Lipinski definition) is 2. The average molecular weight is 275 g/mol. The maximum Gasteiger partial charge on any atom is 0.303 e. The van der Waals surface area contributed by atoms with Gasteiger partial charge in [-0.1, -0.05) is 29.8 Å². The number of benzene rings is 1. The first-order valence-corrected chi connectivity index (χ1v) is 7.09. The number of carbonyl (C=O) groups excluding carboxylic acids is 1. The zero-order chi connectivity index (χ0) is 14.5. The standard InChI is InChI=1S/C16H21NO3/c1-12-2-4-13(5-3-12)10-15(18)17-8-6-14(7-9-17)11-16(19)20/h2-5,14H,6-11H2,1H3,(H,19,20). The Morgan fingerprint density at radius 1 is 1.20 bits per heavy atom. The summed E-state index contributed by atoms with van der Waals surface area (Å²) in [6, 6.07) is 8.01. The number of amides is 1. The summed E-state index contributed by atoms with van der Waals surface area (Å²) in [7, 11) is 0. The van der Waals surface area contributed by atoms with Crippen molar-refractivity contribution in [2.24, 2.45) is 5.92 Å². The molecule has 0 radical (unpaired) electrons. The van der Waals surface area contributed by atoms with Crippen molar-refractivity contribution in [1.82, 2.24) is 4.90 Å². The van der Waals surface area contributed by atoms with Gasteiger partial charge in [0.2, 0.25) is 5.91 Å². The molecule has 1 aliphatic rings. The van der Waals surface area contributed by atoms with Gasteiger partial charge in [0.25, 0.3) is 0 Å². The second-order valence-electron chi connectivity index (χ2n) is 5.58. The number of piperidine rings is 1. The summed E-state index contributed by atoms with van der Waals surface area (Å²) in [6.07, 6.45) is 2.25. The summed E-state index contributed by atoms with van der Waals surface area (Å²) in [5.74, 6) is -0.381. The SMILES string of the molecule is Cc1ccc(CC(=O)N2CCC(CC(=O)O)CC2)cc1. The molecule has 4 nitrogen and oxygen atoms in total. The van der Waals surface area contributed by atoms with E-state index in [4.69, 9.17) is 5.11 Å². The van der Waals surface area contributed by atoms with Crippen molar-refractivity contribution in [2.75, 3.05) is 13.1 Å². The van der Waals surface area contributed by atoms with E-state index in [0.29, 0.717) is 19.5 Å². The van der Waals surface area contributed by atoms with Gasteiger partial charge in [-0.2, -0.15) is 0 Å². The van der Waals surface area contributed by atoms with Crippen molar-refractivity contribution in [3.05, 3.63) is 35.4 Å². The van der Waals surface area contributed by atoms with Crippen LogP contribution in [0.2, 0.25) is 0 Å². The lowest BCUT2D eigenvalue weighted by Gasteiger charge is -2.31. The Bertz CT molecular complexity index is 473. The minimum atomic E-state index is -0.741. The normalized spacial score (nSPS) is 16.1. The Morgan fingerprint density at radius 2 is 1.80 bits per heavy atom. The number of carboxylic acids is 1. The Labute approximate surface area is 119 Å². The molecule has 0 saturated carbocycles. The Morgan fingerprint density at radius 3 is 2.35 bits per heavy atom. The van der Waals surface area contributed by atoms with Crippen molar-refractivity contribution < 1.29 is 14.7 Å². The molecule has 1 heterocycles. The Kier molecular flexibility index (Phi) is 4.77. The molecule has 0 atom stereocenters. The van der Waals surface area contributed by atoms with Gasteiger partial charge < -0.3 is 10.0 Å². The molecular formula is C16H21NO3. The van der Waals surface area contributed by atoms with Gasteiger partial charge >= 0.3 is 5.97 Å². The van der Waals surface area contributed by atoms with Crippen molar-refractivity contribution in [3.8, 4) is 0 Å². The second kappa shape index (κ2) is 6.55. The van der Waals surface area contributed by atoms with Gasteiger partial charge in [0.05, 0.1) is 6.42 Å². The van der Waals surface area contributed by atoms with Gasteiger partial charge in [-0.25, -0.2) is 0 Å². The van der Waals surface area contributed by atoms with Gasteiger partial charge in [-0.15, -0.1) is 0 Å². The van der Waals surface area contributed by atoms with E-state index in [2.05, 4.69) is 0 Å². The molecule has 0 spiro atoms. The molecule has 0 aliphatic carbocycles. The summed E-state index contributed by atoms with van der Waals surface area (Å²) < 4.78 is 0. The zero-order valence-electron chi connectivity index (χ0n) is 11.8. The number of nitrogens with zero attached hydrogens (tertiary/aromatic N) is 1. The quantitative estimate of drug-likeness (QED) is 0.917. The van der Waals surface area contributed by atoms with Crippen LogP contribution in [-0.2, 0) is 16.0 Å². The molecule has 108 valence electrons.